The van der Waals surface area contributed by atoms with Gasteiger partial charge in [0.25, 0.3) is 0 Å². The third-order valence-electron chi connectivity index (χ3n) is 10.4. The van der Waals surface area contributed by atoms with Crippen LogP contribution in [0.4, 0.5) is 14.9 Å². The number of anilines is 1. The molecule has 4 atom stereocenters. The predicted molar refractivity (Wildman–Crippen MR) is 205 cm³/mol. The summed E-state index contributed by atoms with van der Waals surface area (Å²) in [5.41, 5.74) is 0.387. The number of rotatable bonds is 12. The highest BCUT2D eigenvalue weighted by atomic mass is 32.2. The Balaban J connectivity index is 1.57. The molecule has 3 fully saturated rings. The second kappa shape index (κ2) is 14.7. The number of hydrogen-bond donors (Lipinski definition) is 0. The lowest BCUT2D eigenvalue weighted by Gasteiger charge is -2.45. The number of carbonyl (C=O) groups is 2. The Morgan fingerprint density at radius 3 is 2.29 bits per heavy atom. The molecule has 2 aromatic rings. The van der Waals surface area contributed by atoms with Crippen molar-refractivity contribution in [1.29, 1.82) is 0 Å². The van der Waals surface area contributed by atoms with Crippen molar-refractivity contribution in [2.45, 2.75) is 134 Å². The summed E-state index contributed by atoms with van der Waals surface area (Å²) in [5, 5.41) is 5.50. The van der Waals surface area contributed by atoms with E-state index in [0.29, 0.717) is 42.9 Å². The maximum atomic E-state index is 14.8. The number of likely N-dealkylation sites (tertiary alicyclic amines) is 1. The summed E-state index contributed by atoms with van der Waals surface area (Å²) < 4.78 is 58.9. The second-order valence-corrected chi connectivity index (χ2v) is 25.1. The highest BCUT2D eigenvalue weighted by Crippen LogP contribution is 2.45. The Bertz CT molecular complexity index is 1770. The minimum atomic E-state index is -4.07. The van der Waals surface area contributed by atoms with Crippen molar-refractivity contribution in [3.05, 3.63) is 30.5 Å². The number of benzene rings is 1. The number of carbonyl (C=O) groups excluding carboxylic acids is 2. The van der Waals surface area contributed by atoms with Crippen molar-refractivity contribution in [2.24, 2.45) is 0 Å². The molecule has 15 heteroatoms. The minimum absolute atomic E-state index is 0.0443. The maximum Gasteiger partial charge on any atom is 0.410 e. The molecule has 52 heavy (non-hydrogen) atoms. The molecule has 290 valence electrons. The van der Waals surface area contributed by atoms with Gasteiger partial charge >= 0.3 is 6.09 Å². The molecule has 1 saturated carbocycles. The molecular formula is C37H59FN6O6SSi. The van der Waals surface area contributed by atoms with Gasteiger partial charge < -0.3 is 19.3 Å². The number of piperazine rings is 1. The zero-order valence-electron chi connectivity index (χ0n) is 32.7. The topological polar surface area (TPSA) is 118 Å². The van der Waals surface area contributed by atoms with Crippen molar-refractivity contribution in [2.75, 3.05) is 44.5 Å². The zero-order chi connectivity index (χ0) is 38.6. The van der Waals surface area contributed by atoms with E-state index in [1.54, 1.807) is 34.8 Å². The summed E-state index contributed by atoms with van der Waals surface area (Å²) in [7, 11) is -5.47. The largest absolute Gasteiger partial charge is 0.444 e. The summed E-state index contributed by atoms with van der Waals surface area (Å²) in [5.74, 6) is -0.307. The third kappa shape index (κ3) is 8.52. The van der Waals surface area contributed by atoms with Gasteiger partial charge in [0.1, 0.15) is 19.0 Å². The molecule has 3 heterocycles. The molecule has 0 unspecified atom stereocenters. The maximum absolute atomic E-state index is 14.8. The SMILES string of the molecule is C=C(C)C(=O)N1C[C@H](n2ncc3c(N4C[C@H](C)N(C(=O)OC(C)(C)C)[C@@H](C)C4)cc(S(=O)(=O)N(COCC[Si](C)(C)C)C4(C)CC4)cc32)C[C@H]1CF. The Kier molecular flexibility index (Phi) is 11.3. The molecule has 0 spiro atoms. The van der Waals surface area contributed by atoms with Gasteiger partial charge in [0, 0.05) is 56.5 Å². The van der Waals surface area contributed by atoms with E-state index in [4.69, 9.17) is 14.6 Å². The zero-order valence-corrected chi connectivity index (χ0v) is 34.6. The van der Waals surface area contributed by atoms with Gasteiger partial charge in [-0.2, -0.15) is 9.40 Å². The van der Waals surface area contributed by atoms with E-state index >= 15 is 0 Å². The summed E-state index contributed by atoms with van der Waals surface area (Å²) in [6.45, 7) is 24.4. The lowest BCUT2D eigenvalue weighted by atomic mass is 10.1. The number of halogens is 1. The van der Waals surface area contributed by atoms with Crippen LogP contribution in [0.2, 0.25) is 25.7 Å². The van der Waals surface area contributed by atoms with Crippen LogP contribution in [0.1, 0.15) is 73.8 Å². The molecule has 0 radical (unpaired) electrons. The van der Waals surface area contributed by atoms with Gasteiger partial charge in [-0.15, -0.1) is 0 Å². The van der Waals surface area contributed by atoms with E-state index in [9.17, 15) is 22.4 Å². The Morgan fingerprint density at radius 1 is 1.12 bits per heavy atom. The van der Waals surface area contributed by atoms with Gasteiger partial charge in [0.15, 0.2) is 0 Å². The van der Waals surface area contributed by atoms with Crippen molar-refractivity contribution in [3.63, 3.8) is 0 Å². The summed E-state index contributed by atoms with van der Waals surface area (Å²) in [6.07, 6.45) is 3.14. The van der Waals surface area contributed by atoms with Gasteiger partial charge in [0.05, 0.1) is 40.8 Å². The van der Waals surface area contributed by atoms with Crippen LogP contribution < -0.4 is 4.90 Å². The molecule has 12 nitrogen and oxygen atoms in total. The molecular weight excluding hydrogens is 704 g/mol. The first-order valence-corrected chi connectivity index (χ1v) is 23.6. The van der Waals surface area contributed by atoms with E-state index in [0.717, 1.165) is 24.3 Å². The Morgan fingerprint density at radius 2 is 1.75 bits per heavy atom. The number of amides is 2. The highest BCUT2D eigenvalue weighted by molar-refractivity contribution is 7.89. The lowest BCUT2D eigenvalue weighted by molar-refractivity contribution is -0.128. The Hall–Kier alpha value is -3.01. The number of ether oxygens (including phenoxy) is 2. The van der Waals surface area contributed by atoms with Gasteiger partial charge in [-0.1, -0.05) is 26.2 Å². The lowest BCUT2D eigenvalue weighted by Crippen LogP contribution is -2.59. The number of fused-ring (bicyclic) bond motifs is 1. The highest BCUT2D eigenvalue weighted by Gasteiger charge is 2.50. The number of sulfonamides is 1. The predicted octanol–water partition coefficient (Wildman–Crippen LogP) is 6.41. The average molecular weight is 763 g/mol. The molecule has 0 bridgehead atoms. The first-order chi connectivity index (χ1) is 24.1. The van der Waals surface area contributed by atoms with Gasteiger partial charge in [-0.3, -0.25) is 14.4 Å². The molecule has 5 rings (SSSR count). The molecule has 2 amide bonds. The second-order valence-electron chi connectivity index (χ2n) is 17.6. The number of hydrogen-bond acceptors (Lipinski definition) is 8. The van der Waals surface area contributed by atoms with Crippen molar-refractivity contribution < 1.29 is 31.9 Å². The number of nitrogens with zero attached hydrogens (tertiary/aromatic N) is 6. The summed E-state index contributed by atoms with van der Waals surface area (Å²) >= 11 is 0. The van der Waals surface area contributed by atoms with E-state index in [-0.39, 0.29) is 48.3 Å². The third-order valence-corrected chi connectivity index (χ3v) is 14.1. The fourth-order valence-electron chi connectivity index (χ4n) is 7.31. The van der Waals surface area contributed by atoms with Crippen LogP contribution in [-0.2, 0) is 24.3 Å². The van der Waals surface area contributed by atoms with Gasteiger partial charge in [-0.05, 0) is 85.9 Å². The van der Waals surface area contributed by atoms with Crippen molar-refractivity contribution in [1.82, 2.24) is 23.9 Å². The van der Waals surface area contributed by atoms with Crippen LogP contribution in [0.5, 0.6) is 0 Å². The van der Waals surface area contributed by atoms with Crippen LogP contribution in [0.25, 0.3) is 10.9 Å². The normalized spacial score (nSPS) is 23.8. The van der Waals surface area contributed by atoms with Crippen LogP contribution in [0.15, 0.2) is 35.4 Å². The smallest absolute Gasteiger partial charge is 0.410 e. The standard InChI is InChI=1S/C37H59FN6O6SSi/c1-25(2)34(45)41-23-29(16-28(41)19-38)44-33-18-30(51(47,48)42(37(8)12-13-37)24-49-14-15-52(9,10)11)17-32(31(33)20-39-44)40-21-26(3)43(27(4)22-40)35(46)50-36(5,6)7/h17-18,20,26-29H,1,12-16,19,21-24H2,2-11H3/t26-,27-,28-,29+/m0/s1. The van der Waals surface area contributed by atoms with E-state index in [1.807, 2.05) is 41.5 Å². The molecule has 2 saturated heterocycles. The van der Waals surface area contributed by atoms with E-state index in [2.05, 4.69) is 31.1 Å². The van der Waals surface area contributed by atoms with Crippen LogP contribution in [-0.4, -0.2) is 121 Å². The Labute approximate surface area is 310 Å². The van der Waals surface area contributed by atoms with Crippen LogP contribution in [0, 0.1) is 0 Å². The van der Waals surface area contributed by atoms with E-state index in [1.165, 1.54) is 9.21 Å². The van der Waals surface area contributed by atoms with Crippen LogP contribution in [0.3, 0.4) is 0 Å². The number of aromatic nitrogens is 2. The van der Waals surface area contributed by atoms with Crippen molar-refractivity contribution >= 4 is 46.7 Å². The summed E-state index contributed by atoms with van der Waals surface area (Å²) in [6, 6.07) is 2.81. The number of alkyl halides is 1. The van der Waals surface area contributed by atoms with Gasteiger partial charge in [-0.25, -0.2) is 17.6 Å². The molecule has 3 aliphatic rings. The monoisotopic (exact) mass is 762 g/mol. The minimum Gasteiger partial charge on any atom is -0.444 e. The molecule has 2 aliphatic heterocycles. The molecule has 1 aliphatic carbocycles. The fraction of sp³-hybridized carbons (Fsp3) is 0.703. The fourth-order valence-corrected chi connectivity index (χ4v) is 9.81. The van der Waals surface area contributed by atoms with Gasteiger partial charge in [0.2, 0.25) is 15.9 Å². The van der Waals surface area contributed by atoms with Crippen LogP contribution >= 0.6 is 0 Å². The first kappa shape index (κ1) is 40.2. The quantitative estimate of drug-likeness (QED) is 0.105. The first-order valence-electron chi connectivity index (χ1n) is 18.5. The molecule has 1 aromatic carbocycles. The van der Waals surface area contributed by atoms with E-state index < -0.39 is 42.0 Å². The molecule has 1 aromatic heterocycles. The average Bonchev–Trinajstić information content (AvgIpc) is 3.41. The molecule has 0 N–H and O–H groups in total. The summed E-state index contributed by atoms with van der Waals surface area (Å²) in [4.78, 5) is 31.7. The van der Waals surface area contributed by atoms with Crippen molar-refractivity contribution in [3.8, 4) is 0 Å².